The maximum atomic E-state index is 8.83. The fourth-order valence-corrected chi connectivity index (χ4v) is 0.955. The minimum Gasteiger partial charge on any atom is -0.392 e. The van der Waals surface area contributed by atoms with E-state index >= 15 is 0 Å². The molecule has 4 heteroatoms. The summed E-state index contributed by atoms with van der Waals surface area (Å²) in [6.07, 6.45) is 0.511. The van der Waals surface area contributed by atoms with Gasteiger partial charge in [-0.2, -0.15) is 0 Å². The van der Waals surface area contributed by atoms with Crippen LogP contribution in [-0.2, 0) is 0 Å². The maximum absolute atomic E-state index is 8.83. The molecule has 0 spiro atoms. The third-order valence-corrected chi connectivity index (χ3v) is 2.89. The molecule has 0 rings (SSSR count). The second-order valence-electron chi connectivity index (χ2n) is 1.64. The Bertz CT molecular complexity index is 64.3. The van der Waals surface area contributed by atoms with E-state index in [-0.39, 0.29) is 12.8 Å². The standard InChI is InChI=1S/C4H12O3P/c1-2-8(6,7)4-3-5/h5-7H,2-4H2,1H3/q+1. The summed E-state index contributed by atoms with van der Waals surface area (Å²) in [6.45, 7) is 1.57. The van der Waals surface area contributed by atoms with E-state index in [9.17, 15) is 0 Å². The van der Waals surface area contributed by atoms with Crippen LogP contribution in [0, 0.1) is 0 Å². The molecule has 0 unspecified atom stereocenters. The highest BCUT2D eigenvalue weighted by Crippen LogP contribution is 2.48. The van der Waals surface area contributed by atoms with Crippen molar-refractivity contribution < 1.29 is 14.9 Å². The summed E-state index contributed by atoms with van der Waals surface area (Å²) < 4.78 is 0. The number of hydrogen-bond donors (Lipinski definition) is 3. The lowest BCUT2D eigenvalue weighted by atomic mass is 10.9. The predicted octanol–water partition coefficient (Wildman–Crippen LogP) is -0.169. The van der Waals surface area contributed by atoms with Gasteiger partial charge < -0.3 is 5.11 Å². The minimum absolute atomic E-state index is 0.130. The van der Waals surface area contributed by atoms with E-state index < -0.39 is 7.72 Å². The largest absolute Gasteiger partial charge is 0.392 e. The van der Waals surface area contributed by atoms with Crippen LogP contribution in [0.1, 0.15) is 6.92 Å². The van der Waals surface area contributed by atoms with Crippen molar-refractivity contribution in [2.24, 2.45) is 0 Å². The van der Waals surface area contributed by atoms with Gasteiger partial charge in [0.05, 0.1) is 6.61 Å². The normalized spacial score (nSPS) is 12.0. The van der Waals surface area contributed by atoms with Gasteiger partial charge in [0.15, 0.2) is 0 Å². The summed E-state index contributed by atoms with van der Waals surface area (Å²) in [5, 5.41) is 8.24. The van der Waals surface area contributed by atoms with Crippen LogP contribution < -0.4 is 0 Å². The zero-order chi connectivity index (χ0) is 6.62. The van der Waals surface area contributed by atoms with Gasteiger partial charge in [0.1, 0.15) is 12.3 Å². The molecule has 3 N–H and O–H groups in total. The summed E-state index contributed by atoms with van der Waals surface area (Å²) in [5.41, 5.74) is 0. The van der Waals surface area contributed by atoms with E-state index in [4.69, 9.17) is 14.9 Å². The van der Waals surface area contributed by atoms with Crippen molar-refractivity contribution in [1.29, 1.82) is 0 Å². The van der Waals surface area contributed by atoms with E-state index in [1.165, 1.54) is 0 Å². The van der Waals surface area contributed by atoms with Crippen LogP contribution in [0.25, 0.3) is 0 Å². The lowest BCUT2D eigenvalue weighted by molar-refractivity contribution is 0.310. The third kappa shape index (κ3) is 3.33. The Morgan fingerprint density at radius 1 is 1.38 bits per heavy atom. The molecule has 0 aromatic carbocycles. The summed E-state index contributed by atoms with van der Waals surface area (Å²) in [5.74, 6) is 0. The van der Waals surface area contributed by atoms with Gasteiger partial charge in [-0.05, 0) is 6.92 Å². The molecule has 0 aliphatic rings. The first kappa shape index (κ1) is 8.31. The summed E-state index contributed by atoms with van der Waals surface area (Å²) in [7, 11) is -2.67. The topological polar surface area (TPSA) is 60.7 Å². The molecule has 0 aromatic rings. The van der Waals surface area contributed by atoms with Gasteiger partial charge in [-0.25, -0.2) is 9.79 Å². The molecule has 50 valence electrons. The molecule has 0 atom stereocenters. The van der Waals surface area contributed by atoms with E-state index in [0.717, 1.165) is 0 Å². The Labute approximate surface area is 49.5 Å². The van der Waals surface area contributed by atoms with Gasteiger partial charge >= 0.3 is 0 Å². The Hall–Kier alpha value is 0.310. The van der Waals surface area contributed by atoms with Crippen LogP contribution in [0.2, 0.25) is 0 Å². The van der Waals surface area contributed by atoms with Gasteiger partial charge in [-0.3, -0.25) is 0 Å². The van der Waals surface area contributed by atoms with E-state index in [0.29, 0.717) is 6.16 Å². The summed E-state index contributed by atoms with van der Waals surface area (Å²) in [6, 6.07) is 0. The Balaban J connectivity index is 3.37. The van der Waals surface area contributed by atoms with Crippen molar-refractivity contribution in [2.75, 3.05) is 18.9 Å². The number of hydrogen-bond acceptors (Lipinski definition) is 3. The number of aliphatic hydroxyl groups excluding tert-OH is 1. The molecule has 0 radical (unpaired) electrons. The quantitative estimate of drug-likeness (QED) is 0.476. The first-order valence-electron chi connectivity index (χ1n) is 2.56. The Morgan fingerprint density at radius 2 is 1.88 bits per heavy atom. The molecule has 0 amide bonds. The molecule has 0 fully saturated rings. The average molecular weight is 139 g/mol. The molecule has 8 heavy (non-hydrogen) atoms. The SMILES string of the molecule is CC[P+](O)(O)CCO. The molecule has 3 nitrogen and oxygen atoms in total. The smallest absolute Gasteiger partial charge is 0.269 e. The van der Waals surface area contributed by atoms with Crippen LogP contribution in [-0.4, -0.2) is 33.8 Å². The molecule has 0 saturated carbocycles. The second kappa shape index (κ2) is 3.36. The van der Waals surface area contributed by atoms with Crippen molar-refractivity contribution >= 4 is 7.72 Å². The summed E-state index contributed by atoms with van der Waals surface area (Å²) in [4.78, 5) is 17.7. The molecule has 0 aliphatic carbocycles. The van der Waals surface area contributed by atoms with Crippen LogP contribution in [0.15, 0.2) is 0 Å². The third-order valence-electron chi connectivity index (χ3n) is 0.965. The van der Waals surface area contributed by atoms with Gasteiger partial charge in [0.25, 0.3) is 7.72 Å². The predicted molar refractivity (Wildman–Crippen MR) is 33.9 cm³/mol. The van der Waals surface area contributed by atoms with Crippen LogP contribution >= 0.6 is 7.72 Å². The average Bonchev–Trinajstić information content (AvgIpc) is 1.67. The number of rotatable bonds is 3. The number of aliphatic hydroxyl groups is 1. The van der Waals surface area contributed by atoms with Crippen molar-refractivity contribution in [2.45, 2.75) is 6.92 Å². The molecule has 0 heterocycles. The van der Waals surface area contributed by atoms with Crippen molar-refractivity contribution in [1.82, 2.24) is 0 Å². The van der Waals surface area contributed by atoms with E-state index in [2.05, 4.69) is 0 Å². The van der Waals surface area contributed by atoms with Crippen molar-refractivity contribution in [3.8, 4) is 0 Å². The lowest BCUT2D eigenvalue weighted by Gasteiger charge is -2.06. The first-order chi connectivity index (χ1) is 3.62. The lowest BCUT2D eigenvalue weighted by Crippen LogP contribution is -2.02. The van der Waals surface area contributed by atoms with E-state index in [1.807, 2.05) is 0 Å². The molecular formula is C4H12O3P+. The molecular weight excluding hydrogens is 127 g/mol. The zero-order valence-corrected chi connectivity index (χ0v) is 5.80. The fourth-order valence-electron chi connectivity index (χ4n) is 0.318. The first-order valence-corrected chi connectivity index (χ1v) is 4.62. The molecule has 0 bridgehead atoms. The summed E-state index contributed by atoms with van der Waals surface area (Å²) >= 11 is 0. The maximum Gasteiger partial charge on any atom is 0.269 e. The van der Waals surface area contributed by atoms with Crippen LogP contribution in [0.4, 0.5) is 0 Å². The van der Waals surface area contributed by atoms with Crippen LogP contribution in [0.5, 0.6) is 0 Å². The van der Waals surface area contributed by atoms with Crippen molar-refractivity contribution in [3.63, 3.8) is 0 Å². The van der Waals surface area contributed by atoms with Gasteiger partial charge in [-0.15, -0.1) is 0 Å². The van der Waals surface area contributed by atoms with Gasteiger partial charge in [0, 0.05) is 0 Å². The van der Waals surface area contributed by atoms with Crippen LogP contribution in [0.3, 0.4) is 0 Å². The highest BCUT2D eigenvalue weighted by Gasteiger charge is 2.28. The Morgan fingerprint density at radius 3 is 2.00 bits per heavy atom. The van der Waals surface area contributed by atoms with Crippen molar-refractivity contribution in [3.05, 3.63) is 0 Å². The highest BCUT2D eigenvalue weighted by atomic mass is 31.2. The second-order valence-corrected chi connectivity index (χ2v) is 4.48. The molecule has 0 aliphatic heterocycles. The molecule has 0 aromatic heterocycles. The minimum atomic E-state index is -2.67. The highest BCUT2D eigenvalue weighted by molar-refractivity contribution is 7.64. The van der Waals surface area contributed by atoms with E-state index in [1.54, 1.807) is 6.92 Å². The molecule has 0 saturated heterocycles. The monoisotopic (exact) mass is 139 g/mol. The Kier molecular flexibility index (Phi) is 3.49. The fraction of sp³-hybridized carbons (Fsp3) is 1.00. The zero-order valence-electron chi connectivity index (χ0n) is 4.91. The van der Waals surface area contributed by atoms with Gasteiger partial charge in [-0.1, -0.05) is 0 Å². The van der Waals surface area contributed by atoms with Gasteiger partial charge in [0.2, 0.25) is 0 Å².